The summed E-state index contributed by atoms with van der Waals surface area (Å²) in [5.41, 5.74) is 0.155. The van der Waals surface area contributed by atoms with Crippen LogP contribution >= 0.6 is 0 Å². The Kier molecular flexibility index (Phi) is 5.85. The molecular formula is C16H30N2O2. The van der Waals surface area contributed by atoms with Gasteiger partial charge in [-0.2, -0.15) is 0 Å². The second-order valence-electron chi connectivity index (χ2n) is 6.47. The molecule has 0 aromatic heterocycles. The van der Waals surface area contributed by atoms with Crippen LogP contribution < -0.4 is 5.32 Å². The Morgan fingerprint density at radius 2 is 1.75 bits per heavy atom. The molecule has 1 heterocycles. The minimum Gasteiger partial charge on any atom is -0.383 e. The summed E-state index contributed by atoms with van der Waals surface area (Å²) in [6.45, 7) is 4.90. The quantitative estimate of drug-likeness (QED) is 0.811. The second kappa shape index (κ2) is 7.41. The van der Waals surface area contributed by atoms with E-state index in [1.807, 2.05) is 6.92 Å². The normalized spacial score (nSPS) is 25.1. The summed E-state index contributed by atoms with van der Waals surface area (Å²) in [6.07, 6.45) is 9.78. The van der Waals surface area contributed by atoms with Crippen molar-refractivity contribution in [2.75, 3.05) is 19.6 Å². The second-order valence-corrected chi connectivity index (χ2v) is 6.47. The van der Waals surface area contributed by atoms with Gasteiger partial charge in [-0.25, -0.2) is 0 Å². The first-order chi connectivity index (χ1) is 9.68. The number of aliphatic hydroxyl groups is 1. The van der Waals surface area contributed by atoms with Crippen LogP contribution in [0.3, 0.4) is 0 Å². The maximum Gasteiger partial charge on any atom is 0.248 e. The number of hydrogen-bond donors (Lipinski definition) is 2. The predicted octanol–water partition coefficient (Wildman–Crippen LogP) is 2.06. The van der Waals surface area contributed by atoms with Crippen molar-refractivity contribution in [3.63, 3.8) is 0 Å². The van der Waals surface area contributed by atoms with E-state index < -0.39 is 6.10 Å². The fourth-order valence-electron chi connectivity index (χ4n) is 3.74. The lowest BCUT2D eigenvalue weighted by Gasteiger charge is -2.48. The molecule has 1 aliphatic heterocycles. The summed E-state index contributed by atoms with van der Waals surface area (Å²) in [4.78, 5) is 14.5. The highest BCUT2D eigenvalue weighted by atomic mass is 16.3. The van der Waals surface area contributed by atoms with Gasteiger partial charge in [-0.1, -0.05) is 32.6 Å². The predicted molar refractivity (Wildman–Crippen MR) is 80.5 cm³/mol. The van der Waals surface area contributed by atoms with Crippen molar-refractivity contribution in [1.29, 1.82) is 0 Å². The number of hydrogen-bond acceptors (Lipinski definition) is 3. The van der Waals surface area contributed by atoms with E-state index in [1.165, 1.54) is 64.5 Å². The first kappa shape index (κ1) is 15.8. The Labute approximate surface area is 122 Å². The van der Waals surface area contributed by atoms with E-state index in [2.05, 4.69) is 10.2 Å². The fraction of sp³-hybridized carbons (Fsp3) is 0.938. The maximum atomic E-state index is 11.9. The largest absolute Gasteiger partial charge is 0.383 e. The molecule has 0 aromatic rings. The van der Waals surface area contributed by atoms with Gasteiger partial charge in [0.05, 0.1) is 0 Å². The van der Waals surface area contributed by atoms with Gasteiger partial charge in [-0.3, -0.25) is 9.69 Å². The summed E-state index contributed by atoms with van der Waals surface area (Å²) in [7, 11) is 0. The Hall–Kier alpha value is -0.610. The van der Waals surface area contributed by atoms with Crippen LogP contribution in [0.25, 0.3) is 0 Å². The highest BCUT2D eigenvalue weighted by Gasteiger charge is 2.38. The molecule has 4 heteroatoms. The standard InChI is InChI=1S/C16H30N2O2/c1-2-14(19)15(20)17-13-16(9-5-3-6-10-16)18-11-7-4-8-12-18/h14,19H,2-13H2,1H3,(H,17,20). The Morgan fingerprint density at radius 1 is 1.15 bits per heavy atom. The summed E-state index contributed by atoms with van der Waals surface area (Å²) in [6, 6.07) is 0. The van der Waals surface area contributed by atoms with Crippen LogP contribution in [0.2, 0.25) is 0 Å². The number of carbonyl (C=O) groups is 1. The SMILES string of the molecule is CCC(O)C(=O)NCC1(N2CCCCC2)CCCCC1. The average Bonchev–Trinajstić information content (AvgIpc) is 2.53. The molecule has 20 heavy (non-hydrogen) atoms. The minimum absolute atomic E-state index is 0.155. The zero-order valence-electron chi connectivity index (χ0n) is 12.9. The first-order valence-corrected chi connectivity index (χ1v) is 8.39. The molecule has 0 bridgehead atoms. The summed E-state index contributed by atoms with van der Waals surface area (Å²) in [5.74, 6) is -0.200. The van der Waals surface area contributed by atoms with Crippen molar-refractivity contribution >= 4 is 5.91 Å². The van der Waals surface area contributed by atoms with E-state index in [-0.39, 0.29) is 11.4 Å². The van der Waals surface area contributed by atoms with Gasteiger partial charge >= 0.3 is 0 Å². The van der Waals surface area contributed by atoms with E-state index in [1.54, 1.807) is 0 Å². The molecule has 0 aromatic carbocycles. The number of nitrogens with zero attached hydrogens (tertiary/aromatic N) is 1. The molecule has 2 aliphatic rings. The van der Waals surface area contributed by atoms with E-state index in [0.717, 1.165) is 0 Å². The monoisotopic (exact) mass is 282 g/mol. The van der Waals surface area contributed by atoms with Crippen molar-refractivity contribution in [3.8, 4) is 0 Å². The van der Waals surface area contributed by atoms with Gasteiger partial charge in [0.1, 0.15) is 6.10 Å². The van der Waals surface area contributed by atoms with Crippen molar-refractivity contribution < 1.29 is 9.90 Å². The topological polar surface area (TPSA) is 52.6 Å². The Bertz CT molecular complexity index is 308. The molecule has 2 rings (SSSR count). The Morgan fingerprint density at radius 3 is 2.35 bits per heavy atom. The number of likely N-dealkylation sites (tertiary alicyclic amines) is 1. The molecule has 4 nitrogen and oxygen atoms in total. The zero-order valence-corrected chi connectivity index (χ0v) is 12.9. The van der Waals surface area contributed by atoms with Crippen LogP contribution in [0.15, 0.2) is 0 Å². The molecule has 0 spiro atoms. The Balaban J connectivity index is 1.97. The highest BCUT2D eigenvalue weighted by molar-refractivity contribution is 5.80. The first-order valence-electron chi connectivity index (χ1n) is 8.39. The van der Waals surface area contributed by atoms with Gasteiger partial charge in [0.25, 0.3) is 0 Å². The van der Waals surface area contributed by atoms with Crippen LogP contribution in [0, 0.1) is 0 Å². The van der Waals surface area contributed by atoms with Crippen molar-refractivity contribution in [2.24, 2.45) is 0 Å². The maximum absolute atomic E-state index is 11.9. The number of piperidine rings is 1. The van der Waals surface area contributed by atoms with E-state index in [4.69, 9.17) is 0 Å². The number of rotatable bonds is 5. The molecule has 1 saturated heterocycles. The molecule has 1 amide bonds. The molecule has 1 saturated carbocycles. The summed E-state index contributed by atoms with van der Waals surface area (Å²) in [5, 5.41) is 12.6. The summed E-state index contributed by atoms with van der Waals surface area (Å²) < 4.78 is 0. The van der Waals surface area contributed by atoms with Crippen LogP contribution in [-0.2, 0) is 4.79 Å². The lowest BCUT2D eigenvalue weighted by Crippen LogP contribution is -2.58. The molecule has 1 atom stereocenters. The van der Waals surface area contributed by atoms with E-state index in [9.17, 15) is 9.90 Å². The van der Waals surface area contributed by atoms with Gasteiger partial charge in [-0.15, -0.1) is 0 Å². The lowest BCUT2D eigenvalue weighted by molar-refractivity contribution is -0.130. The van der Waals surface area contributed by atoms with Crippen LogP contribution in [0.5, 0.6) is 0 Å². The van der Waals surface area contributed by atoms with E-state index in [0.29, 0.717) is 13.0 Å². The molecule has 1 aliphatic carbocycles. The summed E-state index contributed by atoms with van der Waals surface area (Å²) >= 11 is 0. The van der Waals surface area contributed by atoms with Gasteiger partial charge in [0.15, 0.2) is 0 Å². The van der Waals surface area contributed by atoms with Crippen LogP contribution in [-0.4, -0.2) is 47.2 Å². The number of nitrogens with one attached hydrogen (secondary N) is 1. The fourth-order valence-corrected chi connectivity index (χ4v) is 3.74. The average molecular weight is 282 g/mol. The molecule has 116 valence electrons. The van der Waals surface area contributed by atoms with Crippen LogP contribution in [0.4, 0.5) is 0 Å². The number of carbonyl (C=O) groups excluding carboxylic acids is 1. The molecular weight excluding hydrogens is 252 g/mol. The van der Waals surface area contributed by atoms with Gasteiger partial charge in [0, 0.05) is 12.1 Å². The number of amides is 1. The van der Waals surface area contributed by atoms with Crippen molar-refractivity contribution in [3.05, 3.63) is 0 Å². The van der Waals surface area contributed by atoms with Gasteiger partial charge < -0.3 is 10.4 Å². The highest BCUT2D eigenvalue weighted by Crippen LogP contribution is 2.35. The zero-order chi connectivity index (χ0) is 14.4. The molecule has 1 unspecified atom stereocenters. The lowest BCUT2D eigenvalue weighted by atomic mass is 9.79. The van der Waals surface area contributed by atoms with Crippen LogP contribution in [0.1, 0.15) is 64.7 Å². The third-order valence-electron chi connectivity index (χ3n) is 5.09. The van der Waals surface area contributed by atoms with Gasteiger partial charge in [0.2, 0.25) is 5.91 Å². The van der Waals surface area contributed by atoms with Gasteiger partial charge in [-0.05, 0) is 45.2 Å². The number of aliphatic hydroxyl groups excluding tert-OH is 1. The van der Waals surface area contributed by atoms with Crippen molar-refractivity contribution in [1.82, 2.24) is 10.2 Å². The molecule has 2 N–H and O–H groups in total. The minimum atomic E-state index is -0.850. The third kappa shape index (κ3) is 3.73. The van der Waals surface area contributed by atoms with E-state index >= 15 is 0 Å². The molecule has 2 fully saturated rings. The smallest absolute Gasteiger partial charge is 0.248 e. The molecule has 0 radical (unpaired) electrons. The third-order valence-corrected chi connectivity index (χ3v) is 5.09. The van der Waals surface area contributed by atoms with Crippen molar-refractivity contribution in [2.45, 2.75) is 76.4 Å².